The summed E-state index contributed by atoms with van der Waals surface area (Å²) in [6, 6.07) is 4.34. The van der Waals surface area contributed by atoms with Crippen LogP contribution >= 0.6 is 0 Å². The first-order valence-corrected chi connectivity index (χ1v) is 7.75. The second-order valence-electron chi connectivity index (χ2n) is 6.13. The van der Waals surface area contributed by atoms with Gasteiger partial charge in [0, 0.05) is 43.7 Å². The Hall–Kier alpha value is -2.11. The third-order valence-electron chi connectivity index (χ3n) is 4.18. The average Bonchev–Trinajstić information content (AvgIpc) is 2.50. The van der Waals surface area contributed by atoms with E-state index in [1.165, 1.54) is 19.2 Å². The number of benzene rings is 1. The Morgan fingerprint density at radius 3 is 2.65 bits per heavy atom. The fourth-order valence-corrected chi connectivity index (χ4v) is 2.84. The number of nitrogens with zero attached hydrogens (tertiary/aromatic N) is 2. The molecular weight excluding hydrogens is 299 g/mol. The lowest BCUT2D eigenvalue weighted by Crippen LogP contribution is -2.46. The van der Waals surface area contributed by atoms with E-state index in [-0.39, 0.29) is 35.9 Å². The van der Waals surface area contributed by atoms with E-state index in [0.717, 1.165) is 0 Å². The fraction of sp³-hybridized carbons (Fsp3) is 0.529. The third kappa shape index (κ3) is 3.63. The highest BCUT2D eigenvalue weighted by atomic mass is 19.1. The molecular formula is C17H23FN2O3. The van der Waals surface area contributed by atoms with Gasteiger partial charge in [-0.25, -0.2) is 4.39 Å². The first-order chi connectivity index (χ1) is 10.8. The van der Waals surface area contributed by atoms with Crippen molar-refractivity contribution in [2.45, 2.75) is 32.7 Å². The van der Waals surface area contributed by atoms with Crippen molar-refractivity contribution in [2.75, 3.05) is 25.6 Å². The van der Waals surface area contributed by atoms with E-state index in [4.69, 9.17) is 4.74 Å². The number of halogens is 1. The predicted molar refractivity (Wildman–Crippen MR) is 85.9 cm³/mol. The van der Waals surface area contributed by atoms with Crippen LogP contribution < -0.4 is 9.64 Å². The number of amides is 2. The number of anilines is 1. The van der Waals surface area contributed by atoms with Gasteiger partial charge >= 0.3 is 0 Å². The maximum absolute atomic E-state index is 14.0. The molecule has 0 aliphatic carbocycles. The summed E-state index contributed by atoms with van der Waals surface area (Å²) in [4.78, 5) is 27.9. The Morgan fingerprint density at radius 2 is 2.13 bits per heavy atom. The lowest BCUT2D eigenvalue weighted by molar-refractivity contribution is -0.138. The highest BCUT2D eigenvalue weighted by Gasteiger charge is 2.33. The van der Waals surface area contributed by atoms with Crippen LogP contribution in [-0.4, -0.2) is 43.5 Å². The summed E-state index contributed by atoms with van der Waals surface area (Å²) in [5.41, 5.74) is 0.481. The molecule has 0 N–H and O–H groups in total. The van der Waals surface area contributed by atoms with Gasteiger partial charge < -0.3 is 14.5 Å². The molecule has 0 saturated carbocycles. The zero-order chi connectivity index (χ0) is 17.1. The standard InChI is InChI=1S/C17H23FN2O3/c1-11(2)20(13-5-6-15(23-4)14(18)10-13)17(22)12-7-8-19(3)16(21)9-12/h5-6,10-12H,7-9H2,1-4H3. The van der Waals surface area contributed by atoms with Crippen LogP contribution in [0.15, 0.2) is 18.2 Å². The van der Waals surface area contributed by atoms with E-state index in [1.54, 1.807) is 22.9 Å². The lowest BCUT2D eigenvalue weighted by Gasteiger charge is -2.34. The molecule has 0 radical (unpaired) electrons. The van der Waals surface area contributed by atoms with E-state index in [9.17, 15) is 14.0 Å². The van der Waals surface area contributed by atoms with Crippen molar-refractivity contribution in [1.82, 2.24) is 4.90 Å². The second-order valence-corrected chi connectivity index (χ2v) is 6.13. The van der Waals surface area contributed by atoms with E-state index in [0.29, 0.717) is 18.7 Å². The Labute approximate surface area is 136 Å². The minimum absolute atomic E-state index is 0.0285. The molecule has 126 valence electrons. The van der Waals surface area contributed by atoms with Gasteiger partial charge in [0.25, 0.3) is 0 Å². The predicted octanol–water partition coefficient (Wildman–Crippen LogP) is 2.44. The smallest absolute Gasteiger partial charge is 0.230 e. The van der Waals surface area contributed by atoms with Crippen molar-refractivity contribution in [1.29, 1.82) is 0 Å². The SMILES string of the molecule is COc1ccc(N(C(=O)C2CCN(C)C(=O)C2)C(C)C)cc1F. The summed E-state index contributed by atoms with van der Waals surface area (Å²) in [6.07, 6.45) is 0.833. The molecule has 23 heavy (non-hydrogen) atoms. The van der Waals surface area contributed by atoms with Crippen LogP contribution in [-0.2, 0) is 9.59 Å². The largest absolute Gasteiger partial charge is 0.494 e. The molecule has 6 heteroatoms. The number of hydrogen-bond acceptors (Lipinski definition) is 3. The molecule has 1 atom stereocenters. The topological polar surface area (TPSA) is 49.9 Å². The van der Waals surface area contributed by atoms with Crippen molar-refractivity contribution >= 4 is 17.5 Å². The van der Waals surface area contributed by atoms with E-state index in [2.05, 4.69) is 0 Å². The number of ether oxygens (including phenoxy) is 1. The van der Waals surface area contributed by atoms with Crippen LogP contribution in [0.2, 0.25) is 0 Å². The highest BCUT2D eigenvalue weighted by molar-refractivity contribution is 5.98. The van der Waals surface area contributed by atoms with Crippen molar-refractivity contribution in [3.63, 3.8) is 0 Å². The summed E-state index contributed by atoms with van der Waals surface area (Å²) < 4.78 is 18.9. The molecule has 1 aliphatic rings. The van der Waals surface area contributed by atoms with Crippen LogP contribution in [0.5, 0.6) is 5.75 Å². The quantitative estimate of drug-likeness (QED) is 0.855. The molecule has 1 aromatic rings. The van der Waals surface area contributed by atoms with Crippen LogP contribution in [0, 0.1) is 11.7 Å². The number of likely N-dealkylation sites (tertiary alicyclic amines) is 1. The monoisotopic (exact) mass is 322 g/mol. The van der Waals surface area contributed by atoms with Crippen molar-refractivity contribution in [3.8, 4) is 5.75 Å². The van der Waals surface area contributed by atoms with Gasteiger partial charge in [-0.2, -0.15) is 0 Å². The first kappa shape index (κ1) is 17.2. The Balaban J connectivity index is 2.26. The maximum atomic E-state index is 14.0. The van der Waals surface area contributed by atoms with Crippen molar-refractivity contribution in [3.05, 3.63) is 24.0 Å². The van der Waals surface area contributed by atoms with Gasteiger partial charge in [-0.1, -0.05) is 0 Å². The van der Waals surface area contributed by atoms with Crippen LogP contribution in [0.4, 0.5) is 10.1 Å². The normalized spacial score (nSPS) is 18.3. The number of piperidine rings is 1. The third-order valence-corrected chi connectivity index (χ3v) is 4.18. The molecule has 2 rings (SSSR count). The molecule has 1 unspecified atom stereocenters. The number of carbonyl (C=O) groups excluding carboxylic acids is 2. The summed E-state index contributed by atoms with van der Waals surface area (Å²) in [6.45, 7) is 4.31. The summed E-state index contributed by atoms with van der Waals surface area (Å²) in [5.74, 6) is -0.890. The number of hydrogen-bond donors (Lipinski definition) is 0. The number of methoxy groups -OCH3 is 1. The summed E-state index contributed by atoms with van der Waals surface area (Å²) >= 11 is 0. The lowest BCUT2D eigenvalue weighted by atomic mass is 9.94. The fourth-order valence-electron chi connectivity index (χ4n) is 2.84. The van der Waals surface area contributed by atoms with Crippen LogP contribution in [0.25, 0.3) is 0 Å². The molecule has 0 aromatic heterocycles. The summed E-state index contributed by atoms with van der Waals surface area (Å²) in [7, 11) is 3.13. The van der Waals surface area contributed by atoms with Gasteiger partial charge in [0.05, 0.1) is 7.11 Å². The molecule has 1 heterocycles. The zero-order valence-electron chi connectivity index (χ0n) is 14.0. The summed E-state index contributed by atoms with van der Waals surface area (Å²) in [5, 5.41) is 0. The van der Waals surface area contributed by atoms with Crippen molar-refractivity contribution < 1.29 is 18.7 Å². The second kappa shape index (κ2) is 6.98. The van der Waals surface area contributed by atoms with E-state index in [1.807, 2.05) is 13.8 Å². The van der Waals surface area contributed by atoms with Gasteiger partial charge in [0.2, 0.25) is 11.8 Å². The Bertz CT molecular complexity index is 604. The van der Waals surface area contributed by atoms with Gasteiger partial charge in [0.1, 0.15) is 0 Å². The Morgan fingerprint density at radius 1 is 1.43 bits per heavy atom. The molecule has 5 nitrogen and oxygen atoms in total. The van der Waals surface area contributed by atoms with E-state index < -0.39 is 5.82 Å². The van der Waals surface area contributed by atoms with Crippen LogP contribution in [0.1, 0.15) is 26.7 Å². The molecule has 0 bridgehead atoms. The maximum Gasteiger partial charge on any atom is 0.230 e. The number of rotatable bonds is 4. The molecule has 2 amide bonds. The molecule has 1 aliphatic heterocycles. The number of carbonyl (C=O) groups is 2. The minimum Gasteiger partial charge on any atom is -0.494 e. The van der Waals surface area contributed by atoms with Gasteiger partial charge in [-0.05, 0) is 32.4 Å². The van der Waals surface area contributed by atoms with E-state index >= 15 is 0 Å². The molecule has 1 saturated heterocycles. The van der Waals surface area contributed by atoms with Gasteiger partial charge in [0.15, 0.2) is 11.6 Å². The minimum atomic E-state index is -0.511. The Kier molecular flexibility index (Phi) is 5.23. The molecule has 1 fully saturated rings. The van der Waals surface area contributed by atoms with Crippen LogP contribution in [0.3, 0.4) is 0 Å². The van der Waals surface area contributed by atoms with Gasteiger partial charge in [-0.3, -0.25) is 9.59 Å². The zero-order valence-corrected chi connectivity index (χ0v) is 14.0. The van der Waals surface area contributed by atoms with Crippen molar-refractivity contribution in [2.24, 2.45) is 5.92 Å². The van der Waals surface area contributed by atoms with Gasteiger partial charge in [-0.15, -0.1) is 0 Å². The molecule has 0 spiro atoms. The average molecular weight is 322 g/mol. The first-order valence-electron chi connectivity index (χ1n) is 7.75. The molecule has 1 aromatic carbocycles. The highest BCUT2D eigenvalue weighted by Crippen LogP contribution is 2.28.